The first-order chi connectivity index (χ1) is 12.0. The van der Waals surface area contributed by atoms with Crippen molar-refractivity contribution in [3.8, 4) is 0 Å². The molecule has 8 heteroatoms. The topological polar surface area (TPSA) is 47.9 Å². The third-order valence-corrected chi connectivity index (χ3v) is 5.50. The molecule has 1 fully saturated rings. The van der Waals surface area contributed by atoms with Crippen molar-refractivity contribution in [3.05, 3.63) is 34.9 Å². The van der Waals surface area contributed by atoms with Crippen LogP contribution in [0.3, 0.4) is 0 Å². The molecule has 1 atom stereocenters. The van der Waals surface area contributed by atoms with Gasteiger partial charge < -0.3 is 15.1 Å². The van der Waals surface area contributed by atoms with E-state index in [9.17, 15) is 4.79 Å². The van der Waals surface area contributed by atoms with E-state index in [1.165, 1.54) is 5.56 Å². The van der Waals surface area contributed by atoms with Gasteiger partial charge in [-0.3, -0.25) is 9.79 Å². The van der Waals surface area contributed by atoms with Gasteiger partial charge in [-0.15, -0.1) is 24.0 Å². The molecule has 1 saturated heterocycles. The van der Waals surface area contributed by atoms with Gasteiger partial charge in [-0.25, -0.2) is 0 Å². The average molecular weight is 511 g/mol. The smallest absolute Gasteiger partial charge is 0.219 e. The summed E-state index contributed by atoms with van der Waals surface area (Å²) in [5, 5.41) is 4.40. The number of amides is 1. The van der Waals surface area contributed by atoms with Crippen molar-refractivity contribution in [3.63, 3.8) is 0 Å². The Kier molecular flexibility index (Phi) is 10.7. The number of nitrogens with one attached hydrogen (secondary N) is 1. The maximum absolute atomic E-state index is 11.5. The van der Waals surface area contributed by atoms with E-state index in [1.54, 1.807) is 18.7 Å². The molecule has 0 radical (unpaired) electrons. The Balaban J connectivity index is 0.00000338. The lowest BCUT2D eigenvalue weighted by Gasteiger charge is -2.36. The molecule has 146 valence electrons. The molecule has 2 rings (SSSR count). The Hall–Kier alpha value is -0.670. The monoisotopic (exact) mass is 510 g/mol. The number of carbonyl (C=O) groups is 1. The van der Waals surface area contributed by atoms with Gasteiger partial charge in [0.25, 0.3) is 0 Å². The van der Waals surface area contributed by atoms with Gasteiger partial charge in [-0.1, -0.05) is 23.7 Å². The zero-order valence-electron chi connectivity index (χ0n) is 15.6. The minimum Gasteiger partial charge on any atom is -0.357 e. The van der Waals surface area contributed by atoms with Gasteiger partial charge in [0.1, 0.15) is 0 Å². The SMILES string of the molecule is CCNC(=NCC(SC)c1cccc(Cl)c1)N1CCN(C(C)=O)CC1.I. The predicted molar refractivity (Wildman–Crippen MR) is 123 cm³/mol. The summed E-state index contributed by atoms with van der Waals surface area (Å²) in [5.41, 5.74) is 1.20. The van der Waals surface area contributed by atoms with Gasteiger partial charge in [-0.2, -0.15) is 11.8 Å². The normalized spacial score (nSPS) is 16.1. The first-order valence-electron chi connectivity index (χ1n) is 8.62. The van der Waals surface area contributed by atoms with Gasteiger partial charge in [0.2, 0.25) is 5.91 Å². The van der Waals surface area contributed by atoms with Crippen molar-refractivity contribution in [2.45, 2.75) is 19.1 Å². The molecule has 1 N–H and O–H groups in total. The quantitative estimate of drug-likeness (QED) is 0.374. The van der Waals surface area contributed by atoms with Crippen LogP contribution < -0.4 is 5.32 Å². The molecular formula is C18H28ClIN4OS. The van der Waals surface area contributed by atoms with Crippen LogP contribution in [0.1, 0.15) is 24.7 Å². The summed E-state index contributed by atoms with van der Waals surface area (Å²) in [6.07, 6.45) is 2.10. The fourth-order valence-corrected chi connectivity index (χ4v) is 3.69. The third kappa shape index (κ3) is 6.81. The predicted octanol–water partition coefficient (Wildman–Crippen LogP) is 3.49. The zero-order valence-corrected chi connectivity index (χ0v) is 19.5. The molecule has 5 nitrogen and oxygen atoms in total. The second-order valence-corrected chi connectivity index (χ2v) is 7.44. The average Bonchev–Trinajstić information content (AvgIpc) is 2.61. The number of nitrogens with zero attached hydrogens (tertiary/aromatic N) is 3. The number of piperazine rings is 1. The summed E-state index contributed by atoms with van der Waals surface area (Å²) in [4.78, 5) is 20.5. The van der Waals surface area contributed by atoms with E-state index in [4.69, 9.17) is 16.6 Å². The molecule has 1 aromatic carbocycles. The van der Waals surface area contributed by atoms with Crippen molar-refractivity contribution < 1.29 is 4.79 Å². The number of hydrogen-bond acceptors (Lipinski definition) is 3. The lowest BCUT2D eigenvalue weighted by molar-refractivity contribution is -0.130. The summed E-state index contributed by atoms with van der Waals surface area (Å²) < 4.78 is 0. The number of halogens is 2. The van der Waals surface area contributed by atoms with Gasteiger partial charge in [-0.05, 0) is 30.9 Å². The van der Waals surface area contributed by atoms with Crippen LogP contribution in [0.2, 0.25) is 5.02 Å². The molecule has 1 aliphatic heterocycles. The van der Waals surface area contributed by atoms with E-state index in [1.807, 2.05) is 23.1 Å². The largest absolute Gasteiger partial charge is 0.357 e. The van der Waals surface area contributed by atoms with Gasteiger partial charge in [0.15, 0.2) is 5.96 Å². The molecule has 1 heterocycles. The van der Waals surface area contributed by atoms with Crippen molar-refractivity contribution in [1.29, 1.82) is 0 Å². The molecular weight excluding hydrogens is 483 g/mol. The summed E-state index contributed by atoms with van der Waals surface area (Å²) in [7, 11) is 0. The van der Waals surface area contributed by atoms with Crippen LogP contribution in [0.5, 0.6) is 0 Å². The van der Waals surface area contributed by atoms with Crippen LogP contribution in [0.25, 0.3) is 0 Å². The molecule has 1 aromatic rings. The molecule has 1 unspecified atom stereocenters. The Morgan fingerprint density at radius 1 is 1.31 bits per heavy atom. The summed E-state index contributed by atoms with van der Waals surface area (Å²) in [5.74, 6) is 1.07. The first kappa shape index (κ1) is 23.4. The van der Waals surface area contributed by atoms with E-state index in [0.717, 1.165) is 43.7 Å². The molecule has 1 aliphatic rings. The van der Waals surface area contributed by atoms with Crippen molar-refractivity contribution >= 4 is 59.2 Å². The molecule has 0 aliphatic carbocycles. The van der Waals surface area contributed by atoms with Crippen LogP contribution in [0, 0.1) is 0 Å². The summed E-state index contributed by atoms with van der Waals surface area (Å²) >= 11 is 7.90. The zero-order chi connectivity index (χ0) is 18.2. The maximum atomic E-state index is 11.5. The van der Waals surface area contributed by atoms with E-state index in [-0.39, 0.29) is 35.1 Å². The minimum atomic E-state index is 0. The highest BCUT2D eigenvalue weighted by atomic mass is 127. The Morgan fingerprint density at radius 2 is 1.96 bits per heavy atom. The lowest BCUT2D eigenvalue weighted by atomic mass is 10.1. The second kappa shape index (κ2) is 11.9. The Morgan fingerprint density at radius 3 is 2.50 bits per heavy atom. The molecule has 0 saturated carbocycles. The molecule has 0 aromatic heterocycles. The van der Waals surface area contributed by atoms with Crippen LogP contribution >= 0.6 is 47.3 Å². The number of aliphatic imine (C=N–C) groups is 1. The molecule has 0 bridgehead atoms. The summed E-state index contributed by atoms with van der Waals surface area (Å²) in [6.45, 7) is 8.34. The van der Waals surface area contributed by atoms with Gasteiger partial charge in [0, 0.05) is 49.9 Å². The summed E-state index contributed by atoms with van der Waals surface area (Å²) in [6, 6.07) is 7.99. The van der Waals surface area contributed by atoms with Gasteiger partial charge >= 0.3 is 0 Å². The number of hydrogen-bond donors (Lipinski definition) is 1. The van der Waals surface area contributed by atoms with E-state index < -0.39 is 0 Å². The maximum Gasteiger partial charge on any atom is 0.219 e. The second-order valence-electron chi connectivity index (χ2n) is 5.97. The molecule has 26 heavy (non-hydrogen) atoms. The van der Waals surface area contributed by atoms with Crippen LogP contribution in [0.15, 0.2) is 29.3 Å². The van der Waals surface area contributed by atoms with E-state index in [0.29, 0.717) is 6.54 Å². The molecule has 1 amide bonds. The minimum absolute atomic E-state index is 0. The van der Waals surface area contributed by atoms with Crippen molar-refractivity contribution in [2.75, 3.05) is 45.5 Å². The fraction of sp³-hybridized carbons (Fsp3) is 0.556. The number of benzene rings is 1. The van der Waals surface area contributed by atoms with Crippen molar-refractivity contribution in [2.24, 2.45) is 4.99 Å². The third-order valence-electron chi connectivity index (χ3n) is 4.27. The standard InChI is InChI=1S/C18H27ClN4OS.HI/c1-4-20-18(23-10-8-22(9-11-23)14(2)24)21-13-17(25-3)15-6-5-7-16(19)12-15;/h5-7,12,17H,4,8-11,13H2,1-3H3,(H,20,21);1H. The Labute approximate surface area is 183 Å². The van der Waals surface area contributed by atoms with E-state index >= 15 is 0 Å². The number of guanidine groups is 1. The Bertz CT molecular complexity index is 609. The first-order valence-corrected chi connectivity index (χ1v) is 10.3. The van der Waals surface area contributed by atoms with Crippen LogP contribution in [0.4, 0.5) is 0 Å². The van der Waals surface area contributed by atoms with E-state index in [2.05, 4.69) is 29.5 Å². The number of thioether (sulfide) groups is 1. The number of rotatable bonds is 5. The van der Waals surface area contributed by atoms with Crippen LogP contribution in [-0.2, 0) is 4.79 Å². The highest BCUT2D eigenvalue weighted by Crippen LogP contribution is 2.28. The van der Waals surface area contributed by atoms with Crippen molar-refractivity contribution in [1.82, 2.24) is 15.1 Å². The van der Waals surface area contributed by atoms with Crippen LogP contribution in [-0.4, -0.2) is 67.2 Å². The lowest BCUT2D eigenvalue weighted by Crippen LogP contribution is -2.53. The fourth-order valence-electron chi connectivity index (χ4n) is 2.85. The highest BCUT2D eigenvalue weighted by molar-refractivity contribution is 14.0. The highest BCUT2D eigenvalue weighted by Gasteiger charge is 2.21. The number of carbonyl (C=O) groups excluding carboxylic acids is 1. The van der Waals surface area contributed by atoms with Gasteiger partial charge in [0.05, 0.1) is 6.54 Å². The molecule has 0 spiro atoms.